The molecule has 0 unspecified atom stereocenters. The molecule has 7 nitrogen and oxygen atoms in total. The van der Waals surface area contributed by atoms with Crippen LogP contribution in [0, 0.1) is 0 Å². The van der Waals surface area contributed by atoms with Gasteiger partial charge in [-0.05, 0) is 19.9 Å². The van der Waals surface area contributed by atoms with E-state index in [1.807, 2.05) is 7.05 Å². The first-order valence-corrected chi connectivity index (χ1v) is 8.15. The minimum Gasteiger partial charge on any atom is -0.476 e. The van der Waals surface area contributed by atoms with Crippen LogP contribution in [-0.4, -0.2) is 55.6 Å². The molecule has 1 fully saturated rings. The van der Waals surface area contributed by atoms with Gasteiger partial charge >= 0.3 is 5.97 Å². The number of aromatic carboxylic acids is 1. The number of thiazole rings is 1. The number of likely N-dealkylation sites (N-methyl/N-ethyl adjacent to an activating group) is 1. The minimum atomic E-state index is -3.80. The van der Waals surface area contributed by atoms with Crippen LogP contribution in [0.1, 0.15) is 23.3 Å². The van der Waals surface area contributed by atoms with E-state index in [0.29, 0.717) is 12.6 Å². The molecule has 106 valence electrons. The summed E-state index contributed by atoms with van der Waals surface area (Å²) in [5.74, 6) is -1.34. The molecule has 0 bridgehead atoms. The molecular formula is C10H15N3O4S2. The van der Waals surface area contributed by atoms with Crippen LogP contribution in [0.15, 0.2) is 9.72 Å². The van der Waals surface area contributed by atoms with Crippen molar-refractivity contribution in [2.75, 3.05) is 20.1 Å². The summed E-state index contributed by atoms with van der Waals surface area (Å²) < 4.78 is 26.1. The third kappa shape index (κ3) is 3.50. The van der Waals surface area contributed by atoms with Crippen LogP contribution in [0.3, 0.4) is 0 Å². The van der Waals surface area contributed by atoms with Crippen LogP contribution in [0.2, 0.25) is 0 Å². The van der Waals surface area contributed by atoms with Crippen molar-refractivity contribution in [3.05, 3.63) is 11.2 Å². The predicted octanol–water partition coefficient (Wildman–Crippen LogP) is 0.214. The molecule has 0 aromatic carbocycles. The Balaban J connectivity index is 1.97. The number of nitrogens with one attached hydrogen (secondary N) is 1. The van der Waals surface area contributed by atoms with Crippen LogP contribution in [0.5, 0.6) is 0 Å². The predicted molar refractivity (Wildman–Crippen MR) is 69.9 cm³/mol. The van der Waals surface area contributed by atoms with Crippen molar-refractivity contribution < 1.29 is 18.3 Å². The lowest BCUT2D eigenvalue weighted by molar-refractivity contribution is 0.0687. The van der Waals surface area contributed by atoms with Gasteiger partial charge in [-0.25, -0.2) is 22.9 Å². The molecule has 2 N–H and O–H groups in total. The molecule has 1 aromatic heterocycles. The third-order valence-electron chi connectivity index (χ3n) is 2.91. The van der Waals surface area contributed by atoms with Crippen LogP contribution in [0.25, 0.3) is 0 Å². The first-order chi connectivity index (χ1) is 8.92. The molecule has 9 heteroatoms. The lowest BCUT2D eigenvalue weighted by Crippen LogP contribution is -2.34. The Hall–Kier alpha value is -1.03. The number of aromatic nitrogens is 1. The summed E-state index contributed by atoms with van der Waals surface area (Å²) in [5, 5.41) is 8.86. The van der Waals surface area contributed by atoms with Crippen LogP contribution in [-0.2, 0) is 10.0 Å². The lowest BCUT2D eigenvalue weighted by Gasteiger charge is -2.15. The Morgan fingerprint density at radius 2 is 2.32 bits per heavy atom. The zero-order valence-electron chi connectivity index (χ0n) is 10.4. The van der Waals surface area contributed by atoms with E-state index in [4.69, 9.17) is 5.11 Å². The van der Waals surface area contributed by atoms with Gasteiger partial charge in [-0.15, -0.1) is 11.3 Å². The number of nitrogens with zero attached hydrogens (tertiary/aromatic N) is 2. The van der Waals surface area contributed by atoms with Crippen molar-refractivity contribution >= 4 is 27.3 Å². The Kier molecular flexibility index (Phi) is 4.19. The second-order valence-corrected chi connectivity index (χ2v) is 7.22. The second-order valence-electron chi connectivity index (χ2n) is 4.40. The van der Waals surface area contributed by atoms with Crippen LogP contribution in [0.4, 0.5) is 0 Å². The number of hydrogen-bond acceptors (Lipinski definition) is 6. The standard InChI is InChI=1S/C10H15N3O4S2/c1-13(7-2-3-7)5-4-12-19(16,17)10-8(9(14)15)11-6-18-10/h6-7,12H,2-5H2,1H3,(H,14,15). The van der Waals surface area contributed by atoms with E-state index in [1.165, 1.54) is 5.51 Å². The largest absolute Gasteiger partial charge is 0.476 e. The summed E-state index contributed by atoms with van der Waals surface area (Å²) in [6.45, 7) is 0.859. The first kappa shape index (κ1) is 14.4. The lowest BCUT2D eigenvalue weighted by atomic mass is 10.5. The normalized spacial score (nSPS) is 15.9. The number of carboxylic acid groups (broad SMARTS) is 1. The van der Waals surface area contributed by atoms with Crippen LogP contribution >= 0.6 is 11.3 Å². The maximum absolute atomic E-state index is 12.0. The molecule has 0 amide bonds. The Labute approximate surface area is 115 Å². The average molecular weight is 305 g/mol. The van der Waals surface area contributed by atoms with E-state index in [1.54, 1.807) is 0 Å². The van der Waals surface area contributed by atoms with Crippen molar-refractivity contribution in [2.24, 2.45) is 0 Å². The van der Waals surface area contributed by atoms with E-state index in [0.717, 1.165) is 24.2 Å². The maximum atomic E-state index is 12.0. The molecule has 0 atom stereocenters. The van der Waals surface area contributed by atoms with E-state index in [9.17, 15) is 13.2 Å². The van der Waals surface area contributed by atoms with Gasteiger partial charge < -0.3 is 10.0 Å². The summed E-state index contributed by atoms with van der Waals surface area (Å²) in [6.07, 6.45) is 2.31. The van der Waals surface area contributed by atoms with Gasteiger partial charge in [-0.3, -0.25) is 0 Å². The highest BCUT2D eigenvalue weighted by Gasteiger charge is 2.27. The van der Waals surface area contributed by atoms with Gasteiger partial charge in [0.2, 0.25) is 0 Å². The Bertz CT molecular complexity index is 565. The van der Waals surface area contributed by atoms with Gasteiger partial charge in [0.15, 0.2) is 9.90 Å². The van der Waals surface area contributed by atoms with Gasteiger partial charge in [0.1, 0.15) is 0 Å². The summed E-state index contributed by atoms with van der Waals surface area (Å²) in [7, 11) is -1.85. The summed E-state index contributed by atoms with van der Waals surface area (Å²) in [6, 6.07) is 0.558. The van der Waals surface area contributed by atoms with Gasteiger partial charge in [-0.2, -0.15) is 0 Å². The summed E-state index contributed by atoms with van der Waals surface area (Å²) >= 11 is 0.806. The molecule has 19 heavy (non-hydrogen) atoms. The molecule has 1 heterocycles. The monoisotopic (exact) mass is 305 g/mol. The topological polar surface area (TPSA) is 99.6 Å². The van der Waals surface area contributed by atoms with Crippen LogP contribution < -0.4 is 4.72 Å². The fourth-order valence-corrected chi connectivity index (χ4v) is 3.89. The molecule has 0 aliphatic heterocycles. The molecule has 0 spiro atoms. The SMILES string of the molecule is CN(CCNS(=O)(=O)c1scnc1C(=O)O)C1CC1. The van der Waals surface area contributed by atoms with Crippen molar-refractivity contribution in [1.29, 1.82) is 0 Å². The van der Waals surface area contributed by atoms with Gasteiger partial charge in [0, 0.05) is 19.1 Å². The zero-order valence-corrected chi connectivity index (χ0v) is 12.0. The van der Waals surface area contributed by atoms with Crippen molar-refractivity contribution in [3.8, 4) is 0 Å². The summed E-state index contributed by atoms with van der Waals surface area (Å²) in [5.41, 5.74) is 0.794. The van der Waals surface area contributed by atoms with Gasteiger partial charge in [-0.1, -0.05) is 0 Å². The number of carbonyl (C=O) groups is 1. The van der Waals surface area contributed by atoms with Gasteiger partial charge in [0.05, 0.1) is 5.51 Å². The Morgan fingerprint density at radius 3 is 2.89 bits per heavy atom. The van der Waals surface area contributed by atoms with E-state index in [-0.39, 0.29) is 10.8 Å². The van der Waals surface area contributed by atoms with E-state index in [2.05, 4.69) is 14.6 Å². The fraction of sp³-hybridized carbons (Fsp3) is 0.600. The number of carboxylic acids is 1. The van der Waals surface area contributed by atoms with E-state index < -0.39 is 21.7 Å². The minimum absolute atomic E-state index is 0.242. The number of rotatable bonds is 7. The third-order valence-corrected chi connectivity index (χ3v) is 5.74. The molecule has 1 saturated carbocycles. The average Bonchev–Trinajstić information content (AvgIpc) is 3.04. The van der Waals surface area contributed by atoms with Crippen molar-refractivity contribution in [3.63, 3.8) is 0 Å². The fourth-order valence-electron chi connectivity index (χ4n) is 1.69. The number of hydrogen-bond donors (Lipinski definition) is 2. The molecular weight excluding hydrogens is 290 g/mol. The Morgan fingerprint density at radius 1 is 1.63 bits per heavy atom. The van der Waals surface area contributed by atoms with E-state index >= 15 is 0 Å². The molecule has 1 aliphatic rings. The quantitative estimate of drug-likeness (QED) is 0.747. The highest BCUT2D eigenvalue weighted by atomic mass is 32.2. The zero-order chi connectivity index (χ0) is 14.0. The highest BCUT2D eigenvalue weighted by molar-refractivity contribution is 7.91. The molecule has 1 aliphatic carbocycles. The summed E-state index contributed by atoms with van der Waals surface area (Å²) in [4.78, 5) is 16.5. The molecule has 2 rings (SSSR count). The molecule has 0 saturated heterocycles. The first-order valence-electron chi connectivity index (χ1n) is 5.78. The van der Waals surface area contributed by atoms with Crippen molar-refractivity contribution in [2.45, 2.75) is 23.1 Å². The maximum Gasteiger partial charge on any atom is 0.356 e. The molecule has 0 radical (unpaired) electrons. The highest BCUT2D eigenvalue weighted by Crippen LogP contribution is 2.24. The molecule has 1 aromatic rings. The van der Waals surface area contributed by atoms with Crippen molar-refractivity contribution in [1.82, 2.24) is 14.6 Å². The smallest absolute Gasteiger partial charge is 0.356 e. The van der Waals surface area contributed by atoms with Gasteiger partial charge in [0.25, 0.3) is 10.0 Å². The number of sulfonamides is 1. The second kappa shape index (κ2) is 5.53.